The van der Waals surface area contributed by atoms with Gasteiger partial charge in [0, 0.05) is 30.3 Å². The van der Waals surface area contributed by atoms with Crippen molar-refractivity contribution in [1.82, 2.24) is 9.88 Å². The standard InChI is InChI=1S/C15H19ClN2O3/c16-13-4-1-3-12(9-13)14-10-17-15(21-14)11-18(6-8-20)5-2-7-19/h1,3-4,9-10,19-20H,2,5-8,11H2. The van der Waals surface area contributed by atoms with Crippen LogP contribution in [0.15, 0.2) is 34.9 Å². The van der Waals surface area contributed by atoms with Crippen molar-refractivity contribution in [2.24, 2.45) is 0 Å². The first-order chi connectivity index (χ1) is 10.2. The van der Waals surface area contributed by atoms with Gasteiger partial charge in [-0.2, -0.15) is 0 Å². The lowest BCUT2D eigenvalue weighted by Crippen LogP contribution is -2.28. The highest BCUT2D eigenvalue weighted by molar-refractivity contribution is 6.30. The first kappa shape index (κ1) is 16.0. The summed E-state index contributed by atoms with van der Waals surface area (Å²) >= 11 is 5.96. The second-order valence-electron chi connectivity index (χ2n) is 4.71. The van der Waals surface area contributed by atoms with E-state index in [0.29, 0.717) is 42.7 Å². The highest BCUT2D eigenvalue weighted by atomic mass is 35.5. The molecular formula is C15H19ClN2O3. The first-order valence-electron chi connectivity index (χ1n) is 6.87. The molecule has 0 atom stereocenters. The molecule has 0 amide bonds. The fourth-order valence-corrected chi connectivity index (χ4v) is 2.25. The van der Waals surface area contributed by atoms with E-state index in [1.165, 1.54) is 0 Å². The Bertz CT molecular complexity index is 559. The molecule has 1 aromatic carbocycles. The van der Waals surface area contributed by atoms with Crippen molar-refractivity contribution in [3.8, 4) is 11.3 Å². The molecule has 0 bridgehead atoms. The summed E-state index contributed by atoms with van der Waals surface area (Å²) in [4.78, 5) is 6.25. The molecule has 0 aliphatic carbocycles. The Labute approximate surface area is 128 Å². The van der Waals surface area contributed by atoms with Gasteiger partial charge in [-0.05, 0) is 18.6 Å². The quantitative estimate of drug-likeness (QED) is 0.782. The number of aliphatic hydroxyl groups excluding tert-OH is 2. The van der Waals surface area contributed by atoms with Gasteiger partial charge in [-0.1, -0.05) is 23.7 Å². The zero-order valence-electron chi connectivity index (χ0n) is 11.7. The second-order valence-corrected chi connectivity index (χ2v) is 5.14. The molecule has 2 N–H and O–H groups in total. The third-order valence-corrected chi connectivity index (χ3v) is 3.31. The van der Waals surface area contributed by atoms with Gasteiger partial charge in [0.2, 0.25) is 5.89 Å². The van der Waals surface area contributed by atoms with E-state index in [1.54, 1.807) is 12.3 Å². The Morgan fingerprint density at radius 1 is 1.19 bits per heavy atom. The molecule has 6 heteroatoms. The summed E-state index contributed by atoms with van der Waals surface area (Å²) in [6.45, 7) is 1.90. The number of nitrogens with zero attached hydrogens (tertiary/aromatic N) is 2. The van der Waals surface area contributed by atoms with Gasteiger partial charge in [0.05, 0.1) is 19.3 Å². The van der Waals surface area contributed by atoms with E-state index in [2.05, 4.69) is 4.98 Å². The van der Waals surface area contributed by atoms with Crippen LogP contribution in [0.5, 0.6) is 0 Å². The van der Waals surface area contributed by atoms with E-state index in [9.17, 15) is 0 Å². The van der Waals surface area contributed by atoms with E-state index < -0.39 is 0 Å². The van der Waals surface area contributed by atoms with Crippen LogP contribution in [-0.4, -0.2) is 46.4 Å². The zero-order valence-corrected chi connectivity index (χ0v) is 12.5. The van der Waals surface area contributed by atoms with Crippen molar-refractivity contribution in [3.63, 3.8) is 0 Å². The molecule has 0 fully saturated rings. The summed E-state index contributed by atoms with van der Waals surface area (Å²) < 4.78 is 5.73. The van der Waals surface area contributed by atoms with E-state index in [1.807, 2.05) is 23.1 Å². The Morgan fingerprint density at radius 2 is 2.05 bits per heavy atom. The van der Waals surface area contributed by atoms with Gasteiger partial charge in [-0.15, -0.1) is 0 Å². The molecule has 0 radical (unpaired) electrons. The number of hydrogen-bond donors (Lipinski definition) is 2. The Kier molecular flexibility index (Phi) is 6.20. The van der Waals surface area contributed by atoms with Crippen molar-refractivity contribution in [1.29, 1.82) is 0 Å². The molecule has 0 unspecified atom stereocenters. The molecular weight excluding hydrogens is 292 g/mol. The van der Waals surface area contributed by atoms with E-state index >= 15 is 0 Å². The minimum atomic E-state index is 0.0628. The predicted octanol–water partition coefficient (Wildman–Crippen LogP) is 2.17. The number of benzene rings is 1. The average Bonchev–Trinajstić information content (AvgIpc) is 2.93. The van der Waals surface area contributed by atoms with Crippen molar-refractivity contribution in [2.45, 2.75) is 13.0 Å². The maximum Gasteiger partial charge on any atom is 0.209 e. The van der Waals surface area contributed by atoms with E-state index in [-0.39, 0.29) is 13.2 Å². The summed E-state index contributed by atoms with van der Waals surface area (Å²) in [6, 6.07) is 7.40. The lowest BCUT2D eigenvalue weighted by Gasteiger charge is -2.18. The topological polar surface area (TPSA) is 69.7 Å². The lowest BCUT2D eigenvalue weighted by atomic mass is 10.2. The molecule has 1 aromatic heterocycles. The Hall–Kier alpha value is -1.40. The highest BCUT2D eigenvalue weighted by Gasteiger charge is 2.11. The molecule has 2 aromatic rings. The van der Waals surface area contributed by atoms with Gasteiger partial charge in [-0.3, -0.25) is 4.90 Å². The molecule has 0 aliphatic heterocycles. The summed E-state index contributed by atoms with van der Waals surface area (Å²) in [5.74, 6) is 1.25. The minimum Gasteiger partial charge on any atom is -0.439 e. The molecule has 0 saturated carbocycles. The van der Waals surface area contributed by atoms with Crippen LogP contribution in [0.3, 0.4) is 0 Å². The van der Waals surface area contributed by atoms with Crippen LogP contribution < -0.4 is 0 Å². The zero-order chi connectivity index (χ0) is 15.1. The molecule has 114 valence electrons. The number of hydrogen-bond acceptors (Lipinski definition) is 5. The maximum absolute atomic E-state index is 9.06. The van der Waals surface area contributed by atoms with Crippen LogP contribution in [0.1, 0.15) is 12.3 Å². The molecule has 1 heterocycles. The molecule has 0 spiro atoms. The van der Waals surface area contributed by atoms with Crippen LogP contribution in [0.25, 0.3) is 11.3 Å². The van der Waals surface area contributed by atoms with Crippen LogP contribution >= 0.6 is 11.6 Å². The second kappa shape index (κ2) is 8.14. The van der Waals surface area contributed by atoms with Crippen molar-refractivity contribution in [2.75, 3.05) is 26.3 Å². The minimum absolute atomic E-state index is 0.0628. The van der Waals surface area contributed by atoms with Gasteiger partial charge in [0.1, 0.15) is 0 Å². The fraction of sp³-hybridized carbons (Fsp3) is 0.400. The summed E-state index contributed by atoms with van der Waals surface area (Å²) in [6.07, 6.45) is 2.33. The molecule has 5 nitrogen and oxygen atoms in total. The van der Waals surface area contributed by atoms with Gasteiger partial charge in [0.15, 0.2) is 5.76 Å². The molecule has 0 saturated heterocycles. The Balaban J connectivity index is 2.04. The SMILES string of the molecule is OCCCN(CCO)Cc1ncc(-c2cccc(Cl)c2)o1. The van der Waals surface area contributed by atoms with Gasteiger partial charge < -0.3 is 14.6 Å². The fourth-order valence-electron chi connectivity index (χ4n) is 2.06. The van der Waals surface area contributed by atoms with Crippen molar-refractivity contribution in [3.05, 3.63) is 41.4 Å². The number of halogens is 1. The monoisotopic (exact) mass is 310 g/mol. The molecule has 2 rings (SSSR count). The number of oxazole rings is 1. The predicted molar refractivity (Wildman–Crippen MR) is 81.0 cm³/mol. The molecule has 0 aliphatic rings. The first-order valence-corrected chi connectivity index (χ1v) is 7.25. The summed E-state index contributed by atoms with van der Waals surface area (Å²) in [5, 5.41) is 18.6. The summed E-state index contributed by atoms with van der Waals surface area (Å²) in [5.41, 5.74) is 0.880. The number of aromatic nitrogens is 1. The third-order valence-electron chi connectivity index (χ3n) is 3.07. The molecule has 21 heavy (non-hydrogen) atoms. The average molecular weight is 311 g/mol. The highest BCUT2D eigenvalue weighted by Crippen LogP contribution is 2.23. The number of rotatable bonds is 8. The summed E-state index contributed by atoms with van der Waals surface area (Å²) in [7, 11) is 0. The van der Waals surface area contributed by atoms with Crippen LogP contribution in [0.4, 0.5) is 0 Å². The van der Waals surface area contributed by atoms with Gasteiger partial charge in [0.25, 0.3) is 0 Å². The van der Waals surface area contributed by atoms with Crippen LogP contribution in [0, 0.1) is 0 Å². The van der Waals surface area contributed by atoms with E-state index in [0.717, 1.165) is 5.56 Å². The largest absolute Gasteiger partial charge is 0.439 e. The Morgan fingerprint density at radius 3 is 2.76 bits per heavy atom. The van der Waals surface area contributed by atoms with Crippen molar-refractivity contribution >= 4 is 11.6 Å². The van der Waals surface area contributed by atoms with Crippen LogP contribution in [-0.2, 0) is 6.54 Å². The van der Waals surface area contributed by atoms with Crippen molar-refractivity contribution < 1.29 is 14.6 Å². The third kappa shape index (κ3) is 4.82. The van der Waals surface area contributed by atoms with Gasteiger partial charge >= 0.3 is 0 Å². The van der Waals surface area contributed by atoms with Crippen LogP contribution in [0.2, 0.25) is 5.02 Å². The normalized spacial score (nSPS) is 11.2. The van der Waals surface area contributed by atoms with E-state index in [4.69, 9.17) is 26.2 Å². The maximum atomic E-state index is 9.06. The number of aliphatic hydroxyl groups is 2. The lowest BCUT2D eigenvalue weighted by molar-refractivity contribution is 0.164. The smallest absolute Gasteiger partial charge is 0.209 e. The van der Waals surface area contributed by atoms with Gasteiger partial charge in [-0.25, -0.2) is 4.98 Å².